The van der Waals surface area contributed by atoms with Gasteiger partial charge >= 0.3 is 12.5 Å². The lowest BCUT2D eigenvalue weighted by Crippen LogP contribution is -2.41. The standard InChI is InChI=1S/C15H15Cl2F4N3O2/c1-8(6-26-15(20,21)13(18)19)14(25,5-12-22-7-23-24-12)10-3-2-9(16)4-11(10)17/h2-4,7-8,13,25H,5-6H2,1H3,(H,22,23,24). The largest absolute Gasteiger partial charge is 0.416 e. The number of benzene rings is 1. The smallest absolute Gasteiger partial charge is 0.384 e. The molecular formula is C15H15Cl2F4N3O2. The number of halogens is 6. The summed E-state index contributed by atoms with van der Waals surface area (Å²) in [6.07, 6.45) is -7.58. The highest BCUT2D eigenvalue weighted by atomic mass is 35.5. The van der Waals surface area contributed by atoms with Crippen LogP contribution in [-0.4, -0.2) is 39.4 Å². The van der Waals surface area contributed by atoms with Gasteiger partial charge in [-0.25, -0.2) is 13.8 Å². The van der Waals surface area contributed by atoms with Crippen LogP contribution in [-0.2, 0) is 16.8 Å². The highest BCUT2D eigenvalue weighted by Crippen LogP contribution is 2.39. The van der Waals surface area contributed by atoms with Gasteiger partial charge in [0, 0.05) is 27.9 Å². The SMILES string of the molecule is CC(COC(F)(F)C(F)F)C(O)(Cc1nc[nH]n1)c1ccc(Cl)cc1Cl. The van der Waals surface area contributed by atoms with Gasteiger partial charge in [-0.2, -0.15) is 13.9 Å². The van der Waals surface area contributed by atoms with E-state index < -0.39 is 30.7 Å². The minimum Gasteiger partial charge on any atom is -0.384 e. The van der Waals surface area contributed by atoms with E-state index in [1.165, 1.54) is 31.5 Å². The molecule has 2 rings (SSSR count). The number of hydrogen-bond donors (Lipinski definition) is 2. The third-order valence-corrected chi connectivity index (χ3v) is 4.43. The molecule has 1 aromatic heterocycles. The van der Waals surface area contributed by atoms with Crippen LogP contribution in [0.5, 0.6) is 0 Å². The highest BCUT2D eigenvalue weighted by Gasteiger charge is 2.45. The number of nitrogens with zero attached hydrogens (tertiary/aromatic N) is 2. The third-order valence-electron chi connectivity index (χ3n) is 3.89. The molecule has 144 valence electrons. The van der Waals surface area contributed by atoms with E-state index >= 15 is 0 Å². The minimum atomic E-state index is -4.64. The zero-order valence-electron chi connectivity index (χ0n) is 13.4. The van der Waals surface area contributed by atoms with Crippen molar-refractivity contribution in [3.05, 3.63) is 46.0 Å². The van der Waals surface area contributed by atoms with Crippen molar-refractivity contribution in [1.82, 2.24) is 15.2 Å². The molecule has 1 heterocycles. The molecule has 0 saturated heterocycles. The van der Waals surface area contributed by atoms with Crippen molar-refractivity contribution in [3.63, 3.8) is 0 Å². The Bertz CT molecular complexity index is 734. The first-order chi connectivity index (χ1) is 12.1. The summed E-state index contributed by atoms with van der Waals surface area (Å²) in [4.78, 5) is 3.89. The maximum Gasteiger partial charge on any atom is 0.416 e. The van der Waals surface area contributed by atoms with Crippen LogP contribution in [0.2, 0.25) is 10.0 Å². The zero-order valence-corrected chi connectivity index (χ0v) is 14.9. The second-order valence-electron chi connectivity index (χ2n) is 5.72. The lowest BCUT2D eigenvalue weighted by Gasteiger charge is -2.35. The summed E-state index contributed by atoms with van der Waals surface area (Å²) < 4.78 is 54.8. The Morgan fingerprint density at radius 2 is 2.00 bits per heavy atom. The number of ether oxygens (including phenoxy) is 1. The summed E-state index contributed by atoms with van der Waals surface area (Å²) in [5, 5.41) is 17.8. The summed E-state index contributed by atoms with van der Waals surface area (Å²) in [5.74, 6) is -0.893. The molecule has 11 heteroatoms. The average Bonchev–Trinajstić information content (AvgIpc) is 3.04. The molecule has 0 aliphatic rings. The predicted octanol–water partition coefficient (Wildman–Crippen LogP) is 4.05. The van der Waals surface area contributed by atoms with Gasteiger partial charge in [0.15, 0.2) is 5.82 Å². The fraction of sp³-hybridized carbons (Fsp3) is 0.467. The number of aliphatic hydroxyl groups is 1. The molecule has 26 heavy (non-hydrogen) atoms. The highest BCUT2D eigenvalue weighted by molar-refractivity contribution is 6.35. The molecule has 0 fully saturated rings. The Hall–Kier alpha value is -1.42. The molecule has 0 bridgehead atoms. The fourth-order valence-electron chi connectivity index (χ4n) is 2.37. The second-order valence-corrected chi connectivity index (χ2v) is 6.56. The van der Waals surface area contributed by atoms with Crippen LogP contribution in [0.1, 0.15) is 18.3 Å². The van der Waals surface area contributed by atoms with Gasteiger partial charge in [0.1, 0.15) is 11.9 Å². The number of aromatic nitrogens is 3. The van der Waals surface area contributed by atoms with E-state index in [0.29, 0.717) is 5.02 Å². The van der Waals surface area contributed by atoms with Crippen LogP contribution in [0.15, 0.2) is 24.5 Å². The Morgan fingerprint density at radius 3 is 2.54 bits per heavy atom. The molecule has 1 aromatic carbocycles. The van der Waals surface area contributed by atoms with E-state index in [0.717, 1.165) is 0 Å². The van der Waals surface area contributed by atoms with Gasteiger partial charge in [0.2, 0.25) is 0 Å². The van der Waals surface area contributed by atoms with E-state index in [4.69, 9.17) is 23.2 Å². The van der Waals surface area contributed by atoms with Gasteiger partial charge in [-0.05, 0) is 12.1 Å². The van der Waals surface area contributed by atoms with Crippen LogP contribution in [0.4, 0.5) is 17.6 Å². The maximum atomic E-state index is 13.1. The number of rotatable bonds is 8. The number of alkyl halides is 4. The van der Waals surface area contributed by atoms with Gasteiger partial charge in [-0.15, -0.1) is 0 Å². The molecule has 0 spiro atoms. The van der Waals surface area contributed by atoms with Crippen molar-refractivity contribution in [1.29, 1.82) is 0 Å². The van der Waals surface area contributed by atoms with Crippen molar-refractivity contribution < 1.29 is 27.4 Å². The first-order valence-corrected chi connectivity index (χ1v) is 8.14. The summed E-state index contributed by atoms with van der Waals surface area (Å²) in [7, 11) is 0. The van der Waals surface area contributed by atoms with Crippen LogP contribution in [0.25, 0.3) is 0 Å². The maximum absolute atomic E-state index is 13.1. The van der Waals surface area contributed by atoms with E-state index in [-0.39, 0.29) is 22.8 Å². The van der Waals surface area contributed by atoms with Gasteiger partial charge in [0.05, 0.1) is 6.61 Å². The van der Waals surface area contributed by atoms with Crippen molar-refractivity contribution in [2.24, 2.45) is 5.92 Å². The summed E-state index contributed by atoms with van der Waals surface area (Å²) in [6, 6.07) is 4.23. The monoisotopic (exact) mass is 415 g/mol. The predicted molar refractivity (Wildman–Crippen MR) is 86.5 cm³/mol. The topological polar surface area (TPSA) is 71.0 Å². The lowest BCUT2D eigenvalue weighted by atomic mass is 9.79. The second kappa shape index (κ2) is 8.08. The Balaban J connectivity index is 2.33. The molecule has 0 amide bonds. The molecule has 2 aromatic rings. The number of nitrogens with one attached hydrogen (secondary N) is 1. The average molecular weight is 416 g/mol. The molecule has 0 aliphatic heterocycles. The normalized spacial score (nSPS) is 15.9. The van der Waals surface area contributed by atoms with Crippen LogP contribution < -0.4 is 0 Å². The molecule has 5 nitrogen and oxygen atoms in total. The molecule has 0 saturated carbocycles. The van der Waals surface area contributed by atoms with Crippen molar-refractivity contribution in [2.45, 2.75) is 31.5 Å². The van der Waals surface area contributed by atoms with Gasteiger partial charge in [0.25, 0.3) is 0 Å². The quantitative estimate of drug-likeness (QED) is 0.637. The van der Waals surface area contributed by atoms with E-state index in [9.17, 15) is 22.7 Å². The minimum absolute atomic E-state index is 0.0722. The van der Waals surface area contributed by atoms with E-state index in [1.54, 1.807) is 0 Å². The van der Waals surface area contributed by atoms with Gasteiger partial charge in [-0.3, -0.25) is 5.10 Å². The van der Waals surface area contributed by atoms with Crippen molar-refractivity contribution >= 4 is 23.2 Å². The number of H-pyrrole nitrogens is 1. The Labute approximate surface area is 156 Å². The van der Waals surface area contributed by atoms with Gasteiger partial charge < -0.3 is 9.84 Å². The summed E-state index contributed by atoms with van der Waals surface area (Å²) in [5.41, 5.74) is -1.72. The number of hydrogen-bond acceptors (Lipinski definition) is 4. The molecule has 2 unspecified atom stereocenters. The third kappa shape index (κ3) is 4.64. The zero-order chi connectivity index (χ0) is 19.5. The molecule has 2 N–H and O–H groups in total. The molecular weight excluding hydrogens is 401 g/mol. The van der Waals surface area contributed by atoms with Crippen molar-refractivity contribution in [2.75, 3.05) is 6.61 Å². The number of aromatic amines is 1. The Morgan fingerprint density at radius 1 is 1.31 bits per heavy atom. The molecule has 2 atom stereocenters. The van der Waals surface area contributed by atoms with E-state index in [1.807, 2.05) is 0 Å². The molecule has 0 aliphatic carbocycles. The van der Waals surface area contributed by atoms with Crippen molar-refractivity contribution in [3.8, 4) is 0 Å². The summed E-state index contributed by atoms with van der Waals surface area (Å²) >= 11 is 12.0. The van der Waals surface area contributed by atoms with Crippen LogP contribution >= 0.6 is 23.2 Å². The molecule has 0 radical (unpaired) electrons. The fourth-order valence-corrected chi connectivity index (χ4v) is 2.95. The Kier molecular flexibility index (Phi) is 6.49. The van der Waals surface area contributed by atoms with Crippen LogP contribution in [0.3, 0.4) is 0 Å². The summed E-state index contributed by atoms with van der Waals surface area (Å²) in [6.45, 7) is 0.496. The first-order valence-electron chi connectivity index (χ1n) is 7.38. The lowest BCUT2D eigenvalue weighted by molar-refractivity contribution is -0.308. The van der Waals surface area contributed by atoms with E-state index in [2.05, 4.69) is 19.9 Å². The van der Waals surface area contributed by atoms with Crippen LogP contribution in [0, 0.1) is 5.92 Å². The first kappa shape index (κ1) is 20.9. The van der Waals surface area contributed by atoms with Gasteiger partial charge in [-0.1, -0.05) is 36.2 Å².